The second-order valence-corrected chi connectivity index (χ2v) is 9.33. The van der Waals surface area contributed by atoms with E-state index in [1.54, 1.807) is 6.07 Å². The summed E-state index contributed by atoms with van der Waals surface area (Å²) in [4.78, 5) is 12.6. The first-order chi connectivity index (χ1) is 11.7. The molecule has 6 heteroatoms. The second kappa shape index (κ2) is 8.32. The largest absolute Gasteiger partial charge is 0.356 e. The van der Waals surface area contributed by atoms with Crippen molar-refractivity contribution < 1.29 is 13.2 Å². The fraction of sp³-hybridized carbons (Fsp3) is 0.632. The van der Waals surface area contributed by atoms with Crippen molar-refractivity contribution in [3.05, 3.63) is 29.3 Å². The number of aryl methyl sites for hydroxylation is 2. The van der Waals surface area contributed by atoms with Crippen LogP contribution in [0.15, 0.2) is 23.1 Å². The molecule has 1 amide bonds. The SMILES string of the molecule is Cc1ccc(S(=O)(=O)N2CCC(C(=O)NCCC(C)C)CC2)c(C)c1. The molecule has 1 N–H and O–H groups in total. The van der Waals surface area contributed by atoms with Crippen LogP contribution in [0.2, 0.25) is 0 Å². The average molecular weight is 367 g/mol. The third-order valence-electron chi connectivity index (χ3n) is 4.79. The van der Waals surface area contributed by atoms with Crippen molar-refractivity contribution in [2.24, 2.45) is 11.8 Å². The molecule has 0 radical (unpaired) electrons. The van der Waals surface area contributed by atoms with Gasteiger partial charge in [0.2, 0.25) is 15.9 Å². The first-order valence-electron chi connectivity index (χ1n) is 9.07. The lowest BCUT2D eigenvalue weighted by atomic mass is 9.97. The van der Waals surface area contributed by atoms with Crippen LogP contribution in [-0.4, -0.2) is 38.3 Å². The summed E-state index contributed by atoms with van der Waals surface area (Å²) in [6.45, 7) is 9.53. The van der Waals surface area contributed by atoms with E-state index in [1.165, 1.54) is 4.31 Å². The molecule has 1 aromatic carbocycles. The van der Waals surface area contributed by atoms with E-state index >= 15 is 0 Å². The highest BCUT2D eigenvalue weighted by Gasteiger charge is 2.32. The third kappa shape index (κ3) is 5.05. The Labute approximate surface area is 151 Å². The minimum Gasteiger partial charge on any atom is -0.356 e. The molecule has 0 aromatic heterocycles. The van der Waals surface area contributed by atoms with E-state index in [0.717, 1.165) is 17.5 Å². The van der Waals surface area contributed by atoms with Gasteiger partial charge in [-0.05, 0) is 50.7 Å². The first-order valence-corrected chi connectivity index (χ1v) is 10.5. The lowest BCUT2D eigenvalue weighted by Crippen LogP contribution is -2.43. The predicted molar refractivity (Wildman–Crippen MR) is 99.9 cm³/mol. The first kappa shape index (κ1) is 19.9. The van der Waals surface area contributed by atoms with Crippen molar-refractivity contribution in [1.82, 2.24) is 9.62 Å². The number of sulfonamides is 1. The van der Waals surface area contributed by atoms with Crippen LogP contribution in [0.4, 0.5) is 0 Å². The highest BCUT2D eigenvalue weighted by atomic mass is 32.2. The summed E-state index contributed by atoms with van der Waals surface area (Å²) in [7, 11) is -3.49. The summed E-state index contributed by atoms with van der Waals surface area (Å²) < 4.78 is 27.3. The Morgan fingerprint density at radius 3 is 2.44 bits per heavy atom. The molecule has 0 unspecified atom stereocenters. The van der Waals surface area contributed by atoms with Gasteiger partial charge in [-0.2, -0.15) is 4.31 Å². The molecule has 1 fully saturated rings. The normalized spacial score (nSPS) is 17.0. The number of carbonyl (C=O) groups is 1. The number of hydrogen-bond acceptors (Lipinski definition) is 3. The van der Waals surface area contributed by atoms with E-state index in [1.807, 2.05) is 26.0 Å². The van der Waals surface area contributed by atoms with Gasteiger partial charge in [0.15, 0.2) is 0 Å². The van der Waals surface area contributed by atoms with Crippen LogP contribution in [0.5, 0.6) is 0 Å². The van der Waals surface area contributed by atoms with E-state index in [9.17, 15) is 13.2 Å². The van der Waals surface area contributed by atoms with Gasteiger partial charge < -0.3 is 5.32 Å². The van der Waals surface area contributed by atoms with Crippen LogP contribution >= 0.6 is 0 Å². The monoisotopic (exact) mass is 366 g/mol. The Kier molecular flexibility index (Phi) is 6.63. The number of hydrogen-bond donors (Lipinski definition) is 1. The molecule has 2 rings (SSSR count). The highest BCUT2D eigenvalue weighted by molar-refractivity contribution is 7.89. The maximum Gasteiger partial charge on any atom is 0.243 e. The van der Waals surface area contributed by atoms with Gasteiger partial charge in [-0.25, -0.2) is 8.42 Å². The summed E-state index contributed by atoms with van der Waals surface area (Å²) in [6, 6.07) is 5.40. The maximum absolute atomic E-state index is 12.9. The standard InChI is InChI=1S/C19H30N2O3S/c1-14(2)7-10-20-19(22)17-8-11-21(12-9-17)25(23,24)18-6-5-15(3)13-16(18)4/h5-6,13-14,17H,7-12H2,1-4H3,(H,20,22). The van der Waals surface area contributed by atoms with Crippen LogP contribution < -0.4 is 5.32 Å². The van der Waals surface area contributed by atoms with Crippen molar-refractivity contribution in [2.45, 2.75) is 51.9 Å². The smallest absolute Gasteiger partial charge is 0.243 e. The van der Waals surface area contributed by atoms with Crippen LogP contribution in [0, 0.1) is 25.7 Å². The summed E-state index contributed by atoms with van der Waals surface area (Å²) in [5, 5.41) is 2.98. The van der Waals surface area contributed by atoms with E-state index < -0.39 is 10.0 Å². The Balaban J connectivity index is 1.96. The number of nitrogens with zero attached hydrogens (tertiary/aromatic N) is 1. The minimum absolute atomic E-state index is 0.0595. The van der Waals surface area contributed by atoms with Crippen LogP contribution in [0.3, 0.4) is 0 Å². The zero-order chi connectivity index (χ0) is 18.6. The number of benzene rings is 1. The average Bonchev–Trinajstić information content (AvgIpc) is 2.54. The molecule has 1 aliphatic rings. The van der Waals surface area contributed by atoms with Crippen molar-refractivity contribution in [3.8, 4) is 0 Å². The Morgan fingerprint density at radius 1 is 1.24 bits per heavy atom. The van der Waals surface area contributed by atoms with E-state index in [-0.39, 0.29) is 11.8 Å². The van der Waals surface area contributed by atoms with E-state index in [0.29, 0.717) is 43.3 Å². The molecule has 0 atom stereocenters. The molecule has 1 aliphatic heterocycles. The molecule has 1 aromatic rings. The van der Waals surface area contributed by atoms with Crippen LogP contribution in [0.1, 0.15) is 44.2 Å². The zero-order valence-electron chi connectivity index (χ0n) is 15.7. The summed E-state index contributed by atoms with van der Waals surface area (Å²) in [5.74, 6) is 0.534. The van der Waals surface area contributed by atoms with Gasteiger partial charge in [0.1, 0.15) is 0 Å². The minimum atomic E-state index is -3.49. The number of carbonyl (C=O) groups excluding carboxylic acids is 1. The van der Waals surface area contributed by atoms with Crippen LogP contribution in [-0.2, 0) is 14.8 Å². The molecule has 0 saturated carbocycles. The van der Waals surface area contributed by atoms with Crippen LogP contribution in [0.25, 0.3) is 0 Å². The molecule has 25 heavy (non-hydrogen) atoms. The lowest BCUT2D eigenvalue weighted by molar-refractivity contribution is -0.126. The van der Waals surface area contributed by atoms with Crippen molar-refractivity contribution in [3.63, 3.8) is 0 Å². The van der Waals surface area contributed by atoms with Gasteiger partial charge >= 0.3 is 0 Å². The van der Waals surface area contributed by atoms with E-state index in [4.69, 9.17) is 0 Å². The third-order valence-corrected chi connectivity index (χ3v) is 6.85. The Bertz CT molecular complexity index is 705. The highest BCUT2D eigenvalue weighted by Crippen LogP contribution is 2.26. The molecule has 0 aliphatic carbocycles. The summed E-state index contributed by atoms with van der Waals surface area (Å²) in [6.07, 6.45) is 2.13. The molecular formula is C19H30N2O3S. The van der Waals surface area contributed by atoms with Crippen molar-refractivity contribution >= 4 is 15.9 Å². The molecule has 0 spiro atoms. The number of rotatable bonds is 6. The summed E-state index contributed by atoms with van der Waals surface area (Å²) >= 11 is 0. The topological polar surface area (TPSA) is 66.5 Å². The molecule has 1 saturated heterocycles. The number of nitrogens with one attached hydrogen (secondary N) is 1. The van der Waals surface area contributed by atoms with Crippen molar-refractivity contribution in [2.75, 3.05) is 19.6 Å². The fourth-order valence-corrected chi connectivity index (χ4v) is 4.89. The molecule has 140 valence electrons. The number of amides is 1. The molecule has 5 nitrogen and oxygen atoms in total. The van der Waals surface area contributed by atoms with Gasteiger partial charge in [0, 0.05) is 25.6 Å². The lowest BCUT2D eigenvalue weighted by Gasteiger charge is -2.31. The van der Waals surface area contributed by atoms with Gasteiger partial charge in [-0.15, -0.1) is 0 Å². The number of piperidine rings is 1. The van der Waals surface area contributed by atoms with Gasteiger partial charge in [-0.1, -0.05) is 31.5 Å². The zero-order valence-corrected chi connectivity index (χ0v) is 16.5. The molecule has 0 bridgehead atoms. The van der Waals surface area contributed by atoms with E-state index in [2.05, 4.69) is 19.2 Å². The summed E-state index contributed by atoms with van der Waals surface area (Å²) in [5.41, 5.74) is 1.82. The second-order valence-electron chi connectivity index (χ2n) is 7.42. The maximum atomic E-state index is 12.9. The van der Waals surface area contributed by atoms with Gasteiger partial charge in [0.05, 0.1) is 4.90 Å². The molecular weight excluding hydrogens is 336 g/mol. The fourth-order valence-electron chi connectivity index (χ4n) is 3.21. The molecule has 1 heterocycles. The predicted octanol–water partition coefficient (Wildman–Crippen LogP) is 2.87. The van der Waals surface area contributed by atoms with Gasteiger partial charge in [-0.3, -0.25) is 4.79 Å². The Morgan fingerprint density at radius 2 is 1.88 bits per heavy atom. The van der Waals surface area contributed by atoms with Gasteiger partial charge in [0.25, 0.3) is 0 Å². The quantitative estimate of drug-likeness (QED) is 0.842. The van der Waals surface area contributed by atoms with Crippen molar-refractivity contribution in [1.29, 1.82) is 0 Å². The Hall–Kier alpha value is -1.40.